The van der Waals surface area contributed by atoms with Crippen LogP contribution in [-0.4, -0.2) is 17.2 Å². The van der Waals surface area contributed by atoms with Crippen LogP contribution in [0.2, 0.25) is 0 Å². The van der Waals surface area contributed by atoms with Gasteiger partial charge in [0, 0.05) is 8.95 Å². The molecule has 0 unspecified atom stereocenters. The molecule has 0 saturated carbocycles. The van der Waals surface area contributed by atoms with Gasteiger partial charge < -0.3 is 10.0 Å². The third kappa shape index (κ3) is 10.2. The van der Waals surface area contributed by atoms with E-state index in [1.165, 1.54) is 109 Å². The molecule has 0 saturated heterocycles. The summed E-state index contributed by atoms with van der Waals surface area (Å²) in [6.07, 6.45) is 0. The quantitative estimate of drug-likeness (QED) is 0.129. The molecular weight excluding hydrogens is 1160 g/mol. The number of rotatable bonds is 6. The Balaban J connectivity index is 0.000000149. The van der Waals surface area contributed by atoms with Crippen LogP contribution in [0.5, 0.6) is 0 Å². The molecule has 85 heavy (non-hydrogen) atoms. The van der Waals surface area contributed by atoms with Crippen LogP contribution >= 0.6 is 31.9 Å². The molecule has 2 nitrogen and oxygen atoms in total. The van der Waals surface area contributed by atoms with Gasteiger partial charge in [0.2, 0.25) is 0 Å². The fourth-order valence-corrected chi connectivity index (χ4v) is 13.6. The molecule has 0 radical (unpaired) electrons. The highest BCUT2D eigenvalue weighted by atomic mass is 79.9. The highest BCUT2D eigenvalue weighted by Gasteiger charge is 2.23. The molecule has 16 rings (SSSR count). The Bertz CT molecular complexity index is 4770. The zero-order valence-corrected chi connectivity index (χ0v) is 49.3. The zero-order valence-electron chi connectivity index (χ0n) is 46.2. The summed E-state index contributed by atoms with van der Waals surface area (Å²) in [7, 11) is -1.50. The van der Waals surface area contributed by atoms with Gasteiger partial charge in [-0.3, -0.25) is 0 Å². The van der Waals surface area contributed by atoms with E-state index in [-0.39, 0.29) is 0 Å². The predicted octanol–water partition coefficient (Wildman–Crippen LogP) is 21.8. The number of benzene rings is 16. The molecule has 16 aromatic carbocycles. The van der Waals surface area contributed by atoms with E-state index in [1.807, 2.05) is 66.7 Å². The molecule has 0 spiro atoms. The molecule has 0 aliphatic rings. The number of halogens is 2. The zero-order chi connectivity index (χ0) is 57.4. The Labute approximate surface area is 511 Å². The number of hydrogen-bond donors (Lipinski definition) is 2. The van der Waals surface area contributed by atoms with Gasteiger partial charge in [-0.1, -0.05) is 305 Å². The van der Waals surface area contributed by atoms with Gasteiger partial charge in [-0.25, -0.2) is 0 Å². The van der Waals surface area contributed by atoms with Gasteiger partial charge in [-0.15, -0.1) is 0 Å². The van der Waals surface area contributed by atoms with Gasteiger partial charge in [0.1, 0.15) is 0 Å². The summed E-state index contributed by atoms with van der Waals surface area (Å²) in [5.74, 6) is 0. The van der Waals surface area contributed by atoms with Gasteiger partial charge in [0.25, 0.3) is 0 Å². The third-order valence-electron chi connectivity index (χ3n) is 16.5. The second kappa shape index (κ2) is 23.3. The molecule has 0 aliphatic heterocycles. The van der Waals surface area contributed by atoms with Crippen molar-refractivity contribution in [3.63, 3.8) is 0 Å². The van der Waals surface area contributed by atoms with Crippen molar-refractivity contribution < 1.29 is 10.0 Å². The largest absolute Gasteiger partial charge is 0.489 e. The maximum Gasteiger partial charge on any atom is 0.489 e. The van der Waals surface area contributed by atoms with E-state index in [9.17, 15) is 10.0 Å². The number of hydrogen-bond acceptors (Lipinski definition) is 2. The summed E-state index contributed by atoms with van der Waals surface area (Å²) >= 11 is 6.88. The maximum atomic E-state index is 9.94. The van der Waals surface area contributed by atoms with Crippen LogP contribution in [0.4, 0.5) is 0 Å². The molecular formula is C80H53BBr2O2. The first kappa shape index (κ1) is 53.5. The SMILES string of the molecule is Brc1ccc2cc(Br)ccc2c1.OB(O)c1c2ccccc2c(-c2ccccc2)c2ccccc12.c1ccc(-c2c3ccccc3c(-c3ccc4cc(-c5c6ccccc6c(-c6ccccc6)c6ccccc56)ccc4c3)c3ccccc23)cc1. The Morgan fingerprint density at radius 2 is 0.412 bits per heavy atom. The molecule has 0 heterocycles. The van der Waals surface area contributed by atoms with Gasteiger partial charge in [-0.05, 0) is 184 Å². The molecule has 2 N–H and O–H groups in total. The smallest absolute Gasteiger partial charge is 0.423 e. The van der Waals surface area contributed by atoms with Crippen molar-refractivity contribution in [1.29, 1.82) is 0 Å². The van der Waals surface area contributed by atoms with E-state index in [2.05, 4.69) is 275 Å². The van der Waals surface area contributed by atoms with Crippen LogP contribution in [0.15, 0.2) is 318 Å². The van der Waals surface area contributed by atoms with Crippen molar-refractivity contribution in [2.45, 2.75) is 0 Å². The van der Waals surface area contributed by atoms with Gasteiger partial charge in [0.15, 0.2) is 0 Å². The topological polar surface area (TPSA) is 40.5 Å². The van der Waals surface area contributed by atoms with Crippen molar-refractivity contribution in [1.82, 2.24) is 0 Å². The normalized spacial score (nSPS) is 11.3. The second-order valence-corrected chi connectivity index (χ2v) is 23.3. The van der Waals surface area contributed by atoms with Crippen LogP contribution in [0.3, 0.4) is 0 Å². The third-order valence-corrected chi connectivity index (χ3v) is 17.5. The average molecular weight is 1220 g/mol. The minimum Gasteiger partial charge on any atom is -0.423 e. The van der Waals surface area contributed by atoms with Gasteiger partial charge in [0.05, 0.1) is 0 Å². The summed E-state index contributed by atoms with van der Waals surface area (Å²) in [6, 6.07) is 110. The van der Waals surface area contributed by atoms with E-state index < -0.39 is 7.12 Å². The second-order valence-electron chi connectivity index (χ2n) is 21.4. The van der Waals surface area contributed by atoms with Crippen LogP contribution in [0.25, 0.3) is 142 Å². The Hall–Kier alpha value is -9.46. The fraction of sp³-hybridized carbons (Fsp3) is 0. The first-order valence-corrected chi connectivity index (χ1v) is 30.2. The fourth-order valence-electron chi connectivity index (χ4n) is 12.8. The van der Waals surface area contributed by atoms with E-state index in [4.69, 9.17) is 0 Å². The molecule has 16 aromatic rings. The lowest BCUT2D eigenvalue weighted by atomic mass is 9.72. The lowest BCUT2D eigenvalue weighted by Crippen LogP contribution is -2.31. The van der Waals surface area contributed by atoms with Crippen molar-refractivity contribution >= 4 is 131 Å². The monoisotopic (exact) mass is 1210 g/mol. The lowest BCUT2D eigenvalue weighted by Gasteiger charge is -2.19. The molecule has 0 aliphatic carbocycles. The van der Waals surface area contributed by atoms with Crippen molar-refractivity contribution in [3.05, 3.63) is 318 Å². The summed E-state index contributed by atoms with van der Waals surface area (Å²) in [5.41, 5.74) is 12.9. The maximum absolute atomic E-state index is 9.94. The van der Waals surface area contributed by atoms with E-state index in [0.717, 1.165) is 41.6 Å². The molecule has 5 heteroatoms. The van der Waals surface area contributed by atoms with Crippen molar-refractivity contribution in [3.8, 4) is 55.6 Å². The molecule has 0 atom stereocenters. The predicted molar refractivity (Wildman–Crippen MR) is 372 cm³/mol. The van der Waals surface area contributed by atoms with Crippen molar-refractivity contribution in [2.75, 3.05) is 0 Å². The minimum atomic E-state index is -1.50. The van der Waals surface area contributed by atoms with Crippen LogP contribution in [0.1, 0.15) is 0 Å². The Kier molecular flexibility index (Phi) is 14.7. The van der Waals surface area contributed by atoms with Crippen LogP contribution < -0.4 is 5.46 Å². The summed E-state index contributed by atoms with van der Waals surface area (Å²) in [4.78, 5) is 0. The van der Waals surface area contributed by atoms with Crippen LogP contribution in [0, 0.1) is 0 Å². The Morgan fingerprint density at radius 1 is 0.200 bits per heavy atom. The first-order chi connectivity index (χ1) is 41.9. The van der Waals surface area contributed by atoms with Gasteiger partial charge >= 0.3 is 7.12 Å². The molecule has 0 bridgehead atoms. The van der Waals surface area contributed by atoms with Gasteiger partial charge in [-0.2, -0.15) is 0 Å². The van der Waals surface area contributed by atoms with Crippen molar-refractivity contribution in [2.24, 2.45) is 0 Å². The summed E-state index contributed by atoms with van der Waals surface area (Å²) in [6.45, 7) is 0. The highest BCUT2D eigenvalue weighted by Crippen LogP contribution is 2.47. The molecule has 0 aromatic heterocycles. The van der Waals surface area contributed by atoms with Crippen LogP contribution in [-0.2, 0) is 0 Å². The molecule has 0 fully saturated rings. The number of fused-ring (bicyclic) bond motifs is 8. The highest BCUT2D eigenvalue weighted by molar-refractivity contribution is 9.10. The first-order valence-electron chi connectivity index (χ1n) is 28.6. The standard InChI is InChI=1S/C50H32.C20H15BO2.C10H6Br2/c1-3-15-33(16-4-1)47-39-19-7-11-23-43(39)49(44-24-12-8-20-40(44)47)37-29-27-36-32-38(30-28-35(36)31-37)50-45-25-13-9-21-41(45)48(34-17-5-2-6-18-34)42-22-10-14-26-46(42)50;22-21(23)20-17-12-6-4-10-15(17)19(14-8-2-1-3-9-14)16-11-5-7-13-18(16)20;11-9-3-1-7-5-10(12)4-2-8(7)6-9/h1-32H;1-13,22-23H;1-6H. The summed E-state index contributed by atoms with van der Waals surface area (Å²) < 4.78 is 2.25. The average Bonchev–Trinajstić information content (AvgIpc) is 1.49. The molecule has 402 valence electrons. The molecule has 0 amide bonds. The minimum absolute atomic E-state index is 0.566. The Morgan fingerprint density at radius 3 is 0.682 bits per heavy atom. The summed E-state index contributed by atoms with van der Waals surface area (Å²) in [5, 5.41) is 38.9. The van der Waals surface area contributed by atoms with E-state index >= 15 is 0 Å². The van der Waals surface area contributed by atoms with E-state index in [0.29, 0.717) is 5.46 Å². The lowest BCUT2D eigenvalue weighted by molar-refractivity contribution is 0.426. The van der Waals surface area contributed by atoms with E-state index in [1.54, 1.807) is 0 Å².